The maximum absolute atomic E-state index is 14.0. The van der Waals surface area contributed by atoms with E-state index in [9.17, 15) is 22.8 Å². The number of likely N-dealkylation sites (tertiary alicyclic amines) is 1. The molecule has 3 aromatic heterocycles. The van der Waals surface area contributed by atoms with E-state index in [4.69, 9.17) is 4.74 Å². The zero-order valence-corrected chi connectivity index (χ0v) is 27.0. The number of alkyl halides is 3. The van der Waals surface area contributed by atoms with Crippen molar-refractivity contribution in [3.05, 3.63) is 70.3 Å². The van der Waals surface area contributed by atoms with Crippen molar-refractivity contribution < 1.29 is 27.5 Å². The highest BCUT2D eigenvalue weighted by Gasteiger charge is 2.42. The Hall–Kier alpha value is -4.35. The zero-order chi connectivity index (χ0) is 33.1. The lowest BCUT2D eigenvalue weighted by molar-refractivity contribution is -0.142. The average Bonchev–Trinajstić information content (AvgIpc) is 3.74. The first-order valence-corrected chi connectivity index (χ1v) is 15.7. The highest BCUT2D eigenvalue weighted by atomic mass is 19.4. The fraction of sp³-hybridized carbons (Fsp3) is 0.471. The summed E-state index contributed by atoms with van der Waals surface area (Å²) in [7, 11) is 0. The summed E-state index contributed by atoms with van der Waals surface area (Å²) in [5, 5.41) is 4.73. The number of rotatable bonds is 4. The number of halogens is 3. The van der Waals surface area contributed by atoms with E-state index in [1.165, 1.54) is 15.8 Å². The number of ether oxygens (including phenoxy) is 1. The number of amides is 2. The number of pyridine rings is 1. The van der Waals surface area contributed by atoms with Crippen LogP contribution < -0.4 is 0 Å². The monoisotopic (exact) mass is 636 g/mol. The van der Waals surface area contributed by atoms with Gasteiger partial charge in [0, 0.05) is 55.2 Å². The lowest BCUT2D eigenvalue weighted by Crippen LogP contribution is -2.39. The van der Waals surface area contributed by atoms with Gasteiger partial charge in [0.1, 0.15) is 11.2 Å². The number of hydrogen-bond acceptors (Lipinski definition) is 5. The van der Waals surface area contributed by atoms with E-state index < -0.39 is 35.0 Å². The second-order valence-corrected chi connectivity index (χ2v) is 13.6. The lowest BCUT2D eigenvalue weighted by atomic mass is 9.86. The highest BCUT2D eigenvalue weighted by Crippen LogP contribution is 2.41. The molecule has 244 valence electrons. The van der Waals surface area contributed by atoms with Gasteiger partial charge in [0.15, 0.2) is 5.69 Å². The quantitative estimate of drug-likeness (QED) is 0.249. The molecule has 9 nitrogen and oxygen atoms in total. The number of hydrogen-bond donors (Lipinski definition) is 1. The summed E-state index contributed by atoms with van der Waals surface area (Å²) in [5.41, 5.74) is 4.10. The van der Waals surface area contributed by atoms with E-state index in [0.717, 1.165) is 50.8 Å². The summed E-state index contributed by atoms with van der Waals surface area (Å²) in [5.74, 6) is -0.715. The Kier molecular flexibility index (Phi) is 7.88. The van der Waals surface area contributed by atoms with Crippen molar-refractivity contribution in [2.45, 2.75) is 91.2 Å². The second-order valence-electron chi connectivity index (χ2n) is 13.6. The summed E-state index contributed by atoms with van der Waals surface area (Å²) in [6.07, 6.45) is 1.64. The molecule has 2 aliphatic heterocycles. The van der Waals surface area contributed by atoms with Gasteiger partial charge in [0.05, 0.1) is 11.6 Å². The van der Waals surface area contributed by atoms with Crippen LogP contribution in [-0.4, -0.2) is 60.2 Å². The number of aryl methyl sites for hydroxylation is 1. The van der Waals surface area contributed by atoms with Crippen molar-refractivity contribution in [3.63, 3.8) is 0 Å². The molecular formula is C34H39F3N6O3. The van der Waals surface area contributed by atoms with Gasteiger partial charge in [0.25, 0.3) is 5.91 Å². The van der Waals surface area contributed by atoms with Crippen LogP contribution in [0.3, 0.4) is 0 Å². The number of nitrogens with zero attached hydrogens (tertiary/aromatic N) is 5. The molecule has 1 saturated heterocycles. The zero-order valence-electron chi connectivity index (χ0n) is 27.0. The third kappa shape index (κ3) is 5.96. The smallest absolute Gasteiger partial charge is 0.435 e. The Morgan fingerprint density at radius 1 is 1.09 bits per heavy atom. The van der Waals surface area contributed by atoms with E-state index in [0.29, 0.717) is 19.4 Å². The van der Waals surface area contributed by atoms with Crippen LogP contribution in [0.5, 0.6) is 0 Å². The average molecular weight is 637 g/mol. The maximum atomic E-state index is 14.0. The van der Waals surface area contributed by atoms with Gasteiger partial charge in [-0.05, 0) is 101 Å². The summed E-state index contributed by atoms with van der Waals surface area (Å²) in [6.45, 7) is 11.8. The van der Waals surface area contributed by atoms with E-state index in [-0.39, 0.29) is 25.2 Å². The molecule has 2 amide bonds. The first-order chi connectivity index (χ1) is 21.6. The van der Waals surface area contributed by atoms with E-state index in [1.54, 1.807) is 18.7 Å². The summed E-state index contributed by atoms with van der Waals surface area (Å²) in [4.78, 5) is 38.1. The molecular weight excluding hydrogens is 597 g/mol. The normalized spacial score (nSPS) is 17.2. The third-order valence-electron chi connectivity index (χ3n) is 8.74. The Labute approximate surface area is 265 Å². The van der Waals surface area contributed by atoms with Gasteiger partial charge in [-0.15, -0.1) is 0 Å². The number of H-pyrrole nitrogens is 1. The minimum absolute atomic E-state index is 0.112. The van der Waals surface area contributed by atoms with Gasteiger partial charge in [-0.3, -0.25) is 9.48 Å². The topological polar surface area (TPSA) is 96.4 Å². The molecule has 0 radical (unpaired) electrons. The number of aromatic amines is 1. The minimum Gasteiger partial charge on any atom is -0.444 e. The van der Waals surface area contributed by atoms with Crippen LogP contribution in [0.15, 0.2) is 36.8 Å². The number of carbonyl (C=O) groups excluding carboxylic acids is 2. The summed E-state index contributed by atoms with van der Waals surface area (Å²) < 4.78 is 48.9. The molecule has 0 spiro atoms. The van der Waals surface area contributed by atoms with E-state index >= 15 is 0 Å². The van der Waals surface area contributed by atoms with Gasteiger partial charge in [-0.25, -0.2) is 9.78 Å². The maximum Gasteiger partial charge on any atom is 0.435 e. The largest absolute Gasteiger partial charge is 0.444 e. The molecule has 1 fully saturated rings. The SMILES string of the molecule is Cc1c[nH]c2ncc(-c3cc4c(c([C@@H]5CCCN5C(=O)OC(C)(C)C)c3)CN(C(=O)c3cn(C(C)C)nc3C(F)(F)F)CC4)cc12. The molecule has 4 aromatic rings. The number of nitrogens with one attached hydrogen (secondary N) is 1. The predicted molar refractivity (Wildman–Crippen MR) is 167 cm³/mol. The van der Waals surface area contributed by atoms with Crippen molar-refractivity contribution in [3.8, 4) is 11.1 Å². The number of carbonyl (C=O) groups is 2. The second kappa shape index (κ2) is 11.5. The van der Waals surface area contributed by atoms with Crippen molar-refractivity contribution in [1.82, 2.24) is 29.5 Å². The molecule has 1 aromatic carbocycles. The predicted octanol–water partition coefficient (Wildman–Crippen LogP) is 7.61. The van der Waals surface area contributed by atoms with Gasteiger partial charge in [-0.1, -0.05) is 6.07 Å². The summed E-state index contributed by atoms with van der Waals surface area (Å²) >= 11 is 0. The number of fused-ring (bicyclic) bond motifs is 2. The van der Waals surface area contributed by atoms with E-state index in [2.05, 4.69) is 27.2 Å². The molecule has 46 heavy (non-hydrogen) atoms. The van der Waals surface area contributed by atoms with Crippen molar-refractivity contribution >= 4 is 23.0 Å². The minimum atomic E-state index is -4.77. The van der Waals surface area contributed by atoms with Crippen molar-refractivity contribution in [2.75, 3.05) is 13.1 Å². The van der Waals surface area contributed by atoms with Gasteiger partial charge >= 0.3 is 12.3 Å². The van der Waals surface area contributed by atoms with Crippen LogP contribution in [0, 0.1) is 6.92 Å². The molecule has 0 saturated carbocycles. The fourth-order valence-corrected chi connectivity index (χ4v) is 6.45. The van der Waals surface area contributed by atoms with Crippen LogP contribution in [0.4, 0.5) is 18.0 Å². The Balaban J connectivity index is 1.43. The van der Waals surface area contributed by atoms with Gasteiger partial charge < -0.3 is 19.5 Å². The number of aromatic nitrogens is 4. The molecule has 12 heteroatoms. The first kappa shape index (κ1) is 31.6. The molecule has 2 aliphatic rings. The van der Waals surface area contributed by atoms with E-state index in [1.807, 2.05) is 46.2 Å². The standard InChI is InChI=1S/C34H39F3N6O3/c1-19(2)43-18-27(29(40-43)34(35,36)37)31(44)41-11-9-21-12-22(23-14-24-20(3)15-38-30(24)39-16-23)13-25(26(21)17-41)28-8-7-10-42(28)32(45)46-33(4,5)6/h12-16,18-19,28H,7-11,17H2,1-6H3,(H,38,39)/t28-/m0/s1. The molecule has 0 bridgehead atoms. The lowest BCUT2D eigenvalue weighted by Gasteiger charge is -2.35. The molecule has 5 heterocycles. The third-order valence-corrected chi connectivity index (χ3v) is 8.74. The fourth-order valence-electron chi connectivity index (χ4n) is 6.45. The molecule has 1 atom stereocenters. The molecule has 6 rings (SSSR count). The van der Waals surface area contributed by atoms with Crippen LogP contribution in [0.25, 0.3) is 22.2 Å². The molecule has 0 aliphatic carbocycles. The Bertz CT molecular complexity index is 1820. The summed E-state index contributed by atoms with van der Waals surface area (Å²) in [6, 6.07) is 5.54. The van der Waals surface area contributed by atoms with Crippen molar-refractivity contribution in [1.29, 1.82) is 0 Å². The van der Waals surface area contributed by atoms with Gasteiger partial charge in [0.2, 0.25) is 0 Å². The van der Waals surface area contributed by atoms with Crippen LogP contribution >= 0.6 is 0 Å². The van der Waals surface area contributed by atoms with Gasteiger partial charge in [-0.2, -0.15) is 18.3 Å². The van der Waals surface area contributed by atoms with Crippen LogP contribution in [0.1, 0.15) is 97.8 Å². The first-order valence-electron chi connectivity index (χ1n) is 15.7. The number of benzene rings is 1. The van der Waals surface area contributed by atoms with Crippen molar-refractivity contribution in [2.24, 2.45) is 0 Å². The van der Waals surface area contributed by atoms with Crippen LogP contribution in [0.2, 0.25) is 0 Å². The molecule has 1 N–H and O–H groups in total. The molecule has 0 unspecified atom stereocenters. The highest BCUT2D eigenvalue weighted by molar-refractivity contribution is 5.95. The van der Waals surface area contributed by atoms with Crippen LogP contribution in [-0.2, 0) is 23.9 Å². The Morgan fingerprint density at radius 2 is 1.85 bits per heavy atom. The Morgan fingerprint density at radius 3 is 2.54 bits per heavy atom.